The lowest BCUT2D eigenvalue weighted by molar-refractivity contribution is 0.0846. The molecule has 0 aliphatic carbocycles. The number of nitrogens with one attached hydrogen (secondary N) is 3. The van der Waals surface area contributed by atoms with Crippen LogP contribution in [0.1, 0.15) is 51.6 Å². The zero-order valence-electron chi connectivity index (χ0n) is 18.6. The zero-order valence-corrected chi connectivity index (χ0v) is 18.6. The van der Waals surface area contributed by atoms with E-state index in [0.717, 1.165) is 29.4 Å². The maximum atomic E-state index is 13.0. The molecule has 1 fully saturated rings. The van der Waals surface area contributed by atoms with Crippen LogP contribution in [0.25, 0.3) is 11.0 Å². The molecule has 1 aromatic carbocycles. The largest absolute Gasteiger partial charge is 0.381 e. The van der Waals surface area contributed by atoms with Crippen molar-refractivity contribution in [2.45, 2.75) is 46.2 Å². The number of rotatable bonds is 5. The lowest BCUT2D eigenvalue weighted by atomic mass is 10.1. The van der Waals surface area contributed by atoms with E-state index in [2.05, 4.69) is 26.3 Å². The Balaban J connectivity index is 1.57. The first-order chi connectivity index (χ1) is 15.5. The number of nitrogens with zero attached hydrogens (tertiary/aromatic N) is 3. The van der Waals surface area contributed by atoms with Gasteiger partial charge >= 0.3 is 0 Å². The van der Waals surface area contributed by atoms with Crippen molar-refractivity contribution in [2.24, 2.45) is 0 Å². The van der Waals surface area contributed by atoms with Gasteiger partial charge in [0.05, 0.1) is 22.8 Å². The molecule has 9 heteroatoms. The Kier molecular flexibility index (Phi) is 6.36. The molecule has 9 nitrogen and oxygen atoms in total. The highest BCUT2D eigenvalue weighted by molar-refractivity contribution is 6.07. The third kappa shape index (κ3) is 4.43. The second-order valence-corrected chi connectivity index (χ2v) is 7.98. The summed E-state index contributed by atoms with van der Waals surface area (Å²) in [5.41, 5.74) is 9.33. The number of aromatic nitrogens is 3. The van der Waals surface area contributed by atoms with E-state index in [1.165, 1.54) is 6.20 Å². The lowest BCUT2D eigenvalue weighted by Gasteiger charge is -2.25. The van der Waals surface area contributed by atoms with Gasteiger partial charge in [-0.15, -0.1) is 0 Å². The number of fused-ring (bicyclic) bond motifs is 1. The van der Waals surface area contributed by atoms with Gasteiger partial charge in [-0.1, -0.05) is 6.07 Å². The summed E-state index contributed by atoms with van der Waals surface area (Å²) in [5, 5.41) is 8.65. The fourth-order valence-corrected chi connectivity index (χ4v) is 3.77. The van der Waals surface area contributed by atoms with Gasteiger partial charge in [0.25, 0.3) is 11.8 Å². The van der Waals surface area contributed by atoms with Gasteiger partial charge in [-0.3, -0.25) is 20.4 Å². The SMILES string of the molecule is CCn1ncc2c(NC3CCOCC3)c(C(=O)NNC(=O)c3ccc(C)c(C)c3)cnc21. The van der Waals surface area contributed by atoms with Crippen molar-refractivity contribution in [3.63, 3.8) is 0 Å². The molecule has 0 bridgehead atoms. The van der Waals surface area contributed by atoms with Crippen LogP contribution in [0.3, 0.4) is 0 Å². The third-order valence-corrected chi connectivity index (χ3v) is 5.84. The molecule has 2 amide bonds. The van der Waals surface area contributed by atoms with Crippen molar-refractivity contribution >= 4 is 28.5 Å². The fourth-order valence-electron chi connectivity index (χ4n) is 3.77. The Labute approximate surface area is 186 Å². The lowest BCUT2D eigenvalue weighted by Crippen LogP contribution is -2.42. The number of hydrazine groups is 1. The van der Waals surface area contributed by atoms with Crippen LogP contribution in [0.15, 0.2) is 30.6 Å². The normalized spacial score (nSPS) is 14.3. The number of hydrogen-bond acceptors (Lipinski definition) is 6. The smallest absolute Gasteiger partial charge is 0.273 e. The summed E-state index contributed by atoms with van der Waals surface area (Å²) < 4.78 is 7.24. The number of aryl methyl sites for hydroxylation is 3. The zero-order chi connectivity index (χ0) is 22.7. The summed E-state index contributed by atoms with van der Waals surface area (Å²) in [7, 11) is 0. The van der Waals surface area contributed by atoms with Crippen molar-refractivity contribution < 1.29 is 14.3 Å². The molecule has 2 aromatic heterocycles. The Morgan fingerprint density at radius 1 is 1.09 bits per heavy atom. The third-order valence-electron chi connectivity index (χ3n) is 5.84. The second-order valence-electron chi connectivity index (χ2n) is 7.98. The van der Waals surface area contributed by atoms with Crippen LogP contribution in [0.2, 0.25) is 0 Å². The first-order valence-electron chi connectivity index (χ1n) is 10.8. The molecule has 3 aromatic rings. The topological polar surface area (TPSA) is 110 Å². The van der Waals surface area contributed by atoms with Gasteiger partial charge in [-0.2, -0.15) is 5.10 Å². The summed E-state index contributed by atoms with van der Waals surface area (Å²) in [5.74, 6) is -0.830. The Hall–Kier alpha value is -3.46. The van der Waals surface area contributed by atoms with E-state index in [1.807, 2.05) is 26.8 Å². The molecule has 0 radical (unpaired) electrons. The number of ether oxygens (including phenoxy) is 1. The monoisotopic (exact) mass is 436 g/mol. The second kappa shape index (κ2) is 9.35. The van der Waals surface area contributed by atoms with Crippen LogP contribution < -0.4 is 16.2 Å². The summed E-state index contributed by atoms with van der Waals surface area (Å²) >= 11 is 0. The van der Waals surface area contributed by atoms with Gasteiger partial charge in [0.2, 0.25) is 0 Å². The van der Waals surface area contributed by atoms with Gasteiger partial charge in [-0.25, -0.2) is 9.67 Å². The number of benzene rings is 1. The van der Waals surface area contributed by atoms with E-state index in [0.29, 0.717) is 42.2 Å². The number of amides is 2. The van der Waals surface area contributed by atoms with Crippen molar-refractivity contribution in [1.29, 1.82) is 0 Å². The highest BCUT2D eigenvalue weighted by Crippen LogP contribution is 2.28. The van der Waals surface area contributed by atoms with Gasteiger partial charge in [0.15, 0.2) is 5.65 Å². The maximum Gasteiger partial charge on any atom is 0.273 e. The molecule has 32 heavy (non-hydrogen) atoms. The molecule has 3 heterocycles. The van der Waals surface area contributed by atoms with Gasteiger partial charge < -0.3 is 10.1 Å². The van der Waals surface area contributed by atoms with Crippen molar-refractivity contribution in [2.75, 3.05) is 18.5 Å². The average molecular weight is 437 g/mol. The predicted octanol–water partition coefficient (Wildman–Crippen LogP) is 2.73. The van der Waals surface area contributed by atoms with Gasteiger partial charge in [0.1, 0.15) is 0 Å². The number of carbonyl (C=O) groups is 2. The average Bonchev–Trinajstić information content (AvgIpc) is 3.23. The molecule has 0 unspecified atom stereocenters. The number of hydrogen-bond donors (Lipinski definition) is 3. The minimum atomic E-state index is -0.449. The quantitative estimate of drug-likeness (QED) is 0.531. The Morgan fingerprint density at radius 3 is 2.56 bits per heavy atom. The first-order valence-corrected chi connectivity index (χ1v) is 10.8. The highest BCUT2D eigenvalue weighted by atomic mass is 16.5. The van der Waals surface area contributed by atoms with Gasteiger partial charge in [-0.05, 0) is 56.9 Å². The van der Waals surface area contributed by atoms with Crippen LogP contribution >= 0.6 is 0 Å². The van der Waals surface area contributed by atoms with Crippen molar-refractivity contribution in [3.05, 3.63) is 52.8 Å². The molecule has 1 saturated heterocycles. The molecule has 3 N–H and O–H groups in total. The molecule has 0 spiro atoms. The van der Waals surface area contributed by atoms with Crippen LogP contribution in [-0.4, -0.2) is 45.8 Å². The molecule has 4 rings (SSSR count). The predicted molar refractivity (Wildman–Crippen MR) is 122 cm³/mol. The van der Waals surface area contributed by atoms with Gasteiger partial charge in [0, 0.05) is 37.6 Å². The minimum Gasteiger partial charge on any atom is -0.381 e. The molecule has 1 aliphatic rings. The van der Waals surface area contributed by atoms with E-state index < -0.39 is 5.91 Å². The molecule has 1 aliphatic heterocycles. The fraction of sp³-hybridized carbons (Fsp3) is 0.391. The number of anilines is 1. The molecule has 168 valence electrons. The van der Waals surface area contributed by atoms with Crippen LogP contribution in [0, 0.1) is 13.8 Å². The first kappa shape index (κ1) is 21.8. The van der Waals surface area contributed by atoms with E-state index >= 15 is 0 Å². The summed E-state index contributed by atoms with van der Waals surface area (Å²) in [6.45, 7) is 7.93. The summed E-state index contributed by atoms with van der Waals surface area (Å²) in [6.07, 6.45) is 4.93. The Morgan fingerprint density at radius 2 is 1.84 bits per heavy atom. The van der Waals surface area contributed by atoms with E-state index in [1.54, 1.807) is 23.0 Å². The van der Waals surface area contributed by atoms with E-state index in [9.17, 15) is 9.59 Å². The molecule has 0 saturated carbocycles. The van der Waals surface area contributed by atoms with Crippen LogP contribution in [0.4, 0.5) is 5.69 Å². The van der Waals surface area contributed by atoms with E-state index in [-0.39, 0.29) is 11.9 Å². The van der Waals surface area contributed by atoms with Crippen molar-refractivity contribution in [1.82, 2.24) is 25.6 Å². The standard InChI is InChI=1S/C23H28N6O3/c1-4-29-21-18(13-25-29)20(26-17-7-9-32-10-8-17)19(12-24-21)23(31)28-27-22(30)16-6-5-14(2)15(3)11-16/h5-6,11-13,17H,4,7-10H2,1-3H3,(H,24,26)(H,27,30)(H,28,31). The molecular formula is C23H28N6O3. The van der Waals surface area contributed by atoms with Crippen LogP contribution in [0.5, 0.6) is 0 Å². The van der Waals surface area contributed by atoms with Crippen molar-refractivity contribution in [3.8, 4) is 0 Å². The maximum absolute atomic E-state index is 13.0. The Bertz CT molecular complexity index is 1150. The van der Waals surface area contributed by atoms with E-state index in [4.69, 9.17) is 4.74 Å². The summed E-state index contributed by atoms with van der Waals surface area (Å²) in [6, 6.07) is 5.58. The molecule has 0 atom stereocenters. The van der Waals surface area contributed by atoms with Crippen LogP contribution in [-0.2, 0) is 11.3 Å². The highest BCUT2D eigenvalue weighted by Gasteiger charge is 2.22. The number of pyridine rings is 1. The number of carbonyl (C=O) groups excluding carboxylic acids is 2. The summed E-state index contributed by atoms with van der Waals surface area (Å²) in [4.78, 5) is 30.0. The minimum absolute atomic E-state index is 0.177. The molecular weight excluding hydrogens is 408 g/mol.